The monoisotopic (exact) mass is 249 g/mol. The molecule has 0 spiro atoms. The molecule has 0 bridgehead atoms. The second-order valence-electron chi connectivity index (χ2n) is 3.66. The summed E-state index contributed by atoms with van der Waals surface area (Å²) in [5, 5.41) is 8.08. The van der Waals surface area contributed by atoms with Gasteiger partial charge in [-0.1, -0.05) is 0 Å². The van der Waals surface area contributed by atoms with Crippen molar-refractivity contribution in [2.75, 3.05) is 13.2 Å². The van der Waals surface area contributed by atoms with Gasteiger partial charge in [0.1, 0.15) is 12.4 Å². The van der Waals surface area contributed by atoms with Crippen LogP contribution in [0.4, 0.5) is 0 Å². The van der Waals surface area contributed by atoms with E-state index in [0.717, 1.165) is 0 Å². The van der Waals surface area contributed by atoms with Crippen LogP contribution in [-0.4, -0.2) is 32.7 Å². The van der Waals surface area contributed by atoms with Crippen LogP contribution in [0.25, 0.3) is 0 Å². The predicted octanol–water partition coefficient (Wildman–Crippen LogP) is -0.523. The second kappa shape index (κ2) is 5.97. The third-order valence-electron chi connectivity index (χ3n) is 2.33. The number of aryl methyl sites for hydroxylation is 2. The summed E-state index contributed by atoms with van der Waals surface area (Å²) in [6.45, 7) is 1.85. The minimum atomic E-state index is -0.198. The largest absolute Gasteiger partial charge is 0.490 e. The molecular formula is C11H15N5O2. The molecule has 0 amide bonds. The number of rotatable bonds is 6. The number of nitrogens with zero attached hydrogens (tertiary/aromatic N) is 4. The molecule has 0 saturated carbocycles. The summed E-state index contributed by atoms with van der Waals surface area (Å²) in [7, 11) is 0. The Morgan fingerprint density at radius 2 is 2.22 bits per heavy atom. The van der Waals surface area contributed by atoms with E-state index in [1.54, 1.807) is 10.9 Å². The molecule has 0 atom stereocenters. The van der Waals surface area contributed by atoms with Crippen LogP contribution in [0.15, 0.2) is 35.5 Å². The van der Waals surface area contributed by atoms with E-state index in [-0.39, 0.29) is 5.56 Å². The molecule has 0 radical (unpaired) electrons. The van der Waals surface area contributed by atoms with E-state index in [4.69, 9.17) is 10.5 Å². The molecule has 7 nitrogen and oxygen atoms in total. The smallest absolute Gasteiger partial charge is 0.270 e. The zero-order valence-electron chi connectivity index (χ0n) is 9.90. The number of aromatic nitrogens is 4. The van der Waals surface area contributed by atoms with Crippen LogP contribution >= 0.6 is 0 Å². The Morgan fingerprint density at radius 3 is 2.89 bits per heavy atom. The van der Waals surface area contributed by atoms with Crippen LogP contribution in [0.5, 0.6) is 5.75 Å². The molecule has 18 heavy (non-hydrogen) atoms. The lowest BCUT2D eigenvalue weighted by molar-refractivity contribution is 0.323. The van der Waals surface area contributed by atoms with Gasteiger partial charge >= 0.3 is 0 Å². The molecule has 0 aliphatic rings. The topological polar surface area (TPSA) is 88.0 Å². The fraction of sp³-hybridized carbons (Fsp3) is 0.364. The van der Waals surface area contributed by atoms with Crippen molar-refractivity contribution in [3.8, 4) is 5.75 Å². The van der Waals surface area contributed by atoms with E-state index in [2.05, 4.69) is 10.2 Å². The first-order valence-corrected chi connectivity index (χ1v) is 5.67. The van der Waals surface area contributed by atoms with Crippen molar-refractivity contribution in [1.29, 1.82) is 0 Å². The predicted molar refractivity (Wildman–Crippen MR) is 65.3 cm³/mol. The molecule has 2 aromatic rings. The Kier molecular flexibility index (Phi) is 4.08. The van der Waals surface area contributed by atoms with Crippen molar-refractivity contribution in [2.45, 2.75) is 13.1 Å². The Morgan fingerprint density at radius 1 is 1.33 bits per heavy atom. The third kappa shape index (κ3) is 3.17. The summed E-state index contributed by atoms with van der Waals surface area (Å²) in [5.74, 6) is 0.445. The van der Waals surface area contributed by atoms with E-state index >= 15 is 0 Å². The van der Waals surface area contributed by atoms with Crippen LogP contribution in [0.3, 0.4) is 0 Å². The molecule has 96 valence electrons. The minimum Gasteiger partial charge on any atom is -0.490 e. The van der Waals surface area contributed by atoms with Gasteiger partial charge in [0.25, 0.3) is 5.56 Å². The lowest BCUT2D eigenvalue weighted by atomic mass is 10.5. The van der Waals surface area contributed by atoms with Crippen LogP contribution < -0.4 is 16.0 Å². The van der Waals surface area contributed by atoms with E-state index < -0.39 is 0 Å². The highest BCUT2D eigenvalue weighted by Crippen LogP contribution is 2.02. The summed E-state index contributed by atoms with van der Waals surface area (Å²) in [6, 6.07) is 3.24. The van der Waals surface area contributed by atoms with Crippen molar-refractivity contribution in [1.82, 2.24) is 19.6 Å². The summed E-state index contributed by atoms with van der Waals surface area (Å²) in [5.41, 5.74) is 5.11. The van der Waals surface area contributed by atoms with E-state index in [0.29, 0.717) is 32.0 Å². The average molecular weight is 249 g/mol. The number of hydrogen-bond acceptors (Lipinski definition) is 5. The van der Waals surface area contributed by atoms with E-state index in [9.17, 15) is 4.79 Å². The maximum absolute atomic E-state index is 11.7. The van der Waals surface area contributed by atoms with Crippen molar-refractivity contribution < 1.29 is 4.74 Å². The molecule has 7 heteroatoms. The highest BCUT2D eigenvalue weighted by molar-refractivity contribution is 5.13. The number of hydrogen-bond donors (Lipinski definition) is 1. The van der Waals surface area contributed by atoms with Gasteiger partial charge in [-0.25, -0.2) is 4.68 Å². The molecule has 2 heterocycles. The summed E-state index contributed by atoms with van der Waals surface area (Å²) in [4.78, 5) is 11.7. The Bertz CT molecular complexity index is 535. The zero-order valence-corrected chi connectivity index (χ0v) is 9.90. The van der Waals surface area contributed by atoms with Gasteiger partial charge in [-0.05, 0) is 6.07 Å². The third-order valence-corrected chi connectivity index (χ3v) is 2.33. The quantitative estimate of drug-likeness (QED) is 0.744. The SMILES string of the molecule is NCCOc1cnn(CCn2cccn2)c(=O)c1. The van der Waals surface area contributed by atoms with E-state index in [1.165, 1.54) is 16.9 Å². The first-order valence-electron chi connectivity index (χ1n) is 5.67. The first kappa shape index (κ1) is 12.3. The van der Waals surface area contributed by atoms with Gasteiger partial charge in [-0.2, -0.15) is 10.2 Å². The van der Waals surface area contributed by atoms with Crippen LogP contribution in [0, 0.1) is 0 Å². The molecular weight excluding hydrogens is 234 g/mol. The highest BCUT2D eigenvalue weighted by Gasteiger charge is 2.01. The molecule has 0 aliphatic carbocycles. The lowest BCUT2D eigenvalue weighted by Gasteiger charge is -2.07. The fourth-order valence-electron chi connectivity index (χ4n) is 1.47. The molecule has 0 aliphatic heterocycles. The minimum absolute atomic E-state index is 0.198. The molecule has 0 unspecified atom stereocenters. The molecule has 0 aromatic carbocycles. The van der Waals surface area contributed by atoms with Gasteiger partial charge in [0.15, 0.2) is 0 Å². The molecule has 2 N–H and O–H groups in total. The van der Waals surface area contributed by atoms with Gasteiger partial charge in [-0.3, -0.25) is 9.48 Å². The van der Waals surface area contributed by atoms with Crippen LogP contribution in [0.1, 0.15) is 0 Å². The molecule has 0 fully saturated rings. The van der Waals surface area contributed by atoms with Crippen molar-refractivity contribution in [3.05, 3.63) is 41.1 Å². The molecule has 2 aromatic heterocycles. The Hall–Kier alpha value is -2.15. The van der Waals surface area contributed by atoms with E-state index in [1.807, 2.05) is 12.3 Å². The van der Waals surface area contributed by atoms with Crippen molar-refractivity contribution in [3.63, 3.8) is 0 Å². The number of nitrogens with two attached hydrogens (primary N) is 1. The standard InChI is InChI=1S/C11H15N5O2/c12-2-7-18-10-8-11(17)16(14-9-10)6-5-15-4-1-3-13-15/h1,3-4,8-9H,2,5-7,12H2. The van der Waals surface area contributed by atoms with Gasteiger partial charge < -0.3 is 10.5 Å². The second-order valence-corrected chi connectivity index (χ2v) is 3.66. The maximum Gasteiger partial charge on any atom is 0.270 e. The maximum atomic E-state index is 11.7. The van der Waals surface area contributed by atoms with Gasteiger partial charge in [0.2, 0.25) is 0 Å². The van der Waals surface area contributed by atoms with Gasteiger partial charge in [-0.15, -0.1) is 0 Å². The van der Waals surface area contributed by atoms with Gasteiger partial charge in [0.05, 0.1) is 19.3 Å². The normalized spacial score (nSPS) is 10.5. The molecule has 0 saturated heterocycles. The van der Waals surface area contributed by atoms with Crippen molar-refractivity contribution in [2.24, 2.45) is 5.73 Å². The lowest BCUT2D eigenvalue weighted by Crippen LogP contribution is -2.24. The van der Waals surface area contributed by atoms with Crippen LogP contribution in [0.2, 0.25) is 0 Å². The highest BCUT2D eigenvalue weighted by atomic mass is 16.5. The van der Waals surface area contributed by atoms with Crippen LogP contribution in [-0.2, 0) is 13.1 Å². The van der Waals surface area contributed by atoms with Gasteiger partial charge in [0, 0.05) is 25.0 Å². The summed E-state index contributed by atoms with van der Waals surface area (Å²) < 4.78 is 8.34. The summed E-state index contributed by atoms with van der Waals surface area (Å²) in [6.07, 6.45) is 5.05. The average Bonchev–Trinajstić information content (AvgIpc) is 2.88. The zero-order chi connectivity index (χ0) is 12.8. The molecule has 2 rings (SSSR count). The first-order chi connectivity index (χ1) is 8.79. The Labute approximate surface area is 104 Å². The number of ether oxygens (including phenoxy) is 1. The Balaban J connectivity index is 1.99. The fourth-order valence-corrected chi connectivity index (χ4v) is 1.47. The van der Waals surface area contributed by atoms with Crippen molar-refractivity contribution >= 4 is 0 Å². The summed E-state index contributed by atoms with van der Waals surface area (Å²) >= 11 is 0.